The number of ether oxygens (including phenoxy) is 1. The number of likely N-dealkylation sites (tertiary alicyclic amines) is 1. The van der Waals surface area contributed by atoms with Crippen molar-refractivity contribution in [1.82, 2.24) is 9.88 Å². The Balaban J connectivity index is 2.40. The van der Waals surface area contributed by atoms with Crippen LogP contribution in [0.5, 0.6) is 0 Å². The second-order valence-electron chi connectivity index (χ2n) is 8.41. The van der Waals surface area contributed by atoms with E-state index in [4.69, 9.17) is 4.74 Å². The Bertz CT molecular complexity index is 593. The van der Waals surface area contributed by atoms with E-state index in [0.29, 0.717) is 6.04 Å². The van der Waals surface area contributed by atoms with Gasteiger partial charge in [-0.05, 0) is 73.0 Å². The van der Waals surface area contributed by atoms with E-state index in [-0.39, 0.29) is 12.1 Å². The number of nitrogens with zero attached hydrogens (tertiary/aromatic N) is 3. The summed E-state index contributed by atoms with van der Waals surface area (Å²) in [4.78, 5) is 21.8. The summed E-state index contributed by atoms with van der Waals surface area (Å²) in [6.07, 6.45) is 6.14. The third kappa shape index (κ3) is 5.19. The van der Waals surface area contributed by atoms with E-state index < -0.39 is 5.60 Å². The molecule has 2 heterocycles. The number of hydrogen-bond acceptors (Lipinski definition) is 4. The van der Waals surface area contributed by atoms with E-state index in [1.165, 1.54) is 12.8 Å². The second-order valence-corrected chi connectivity index (χ2v) is 8.41. The average Bonchev–Trinajstić information content (AvgIpc) is 2.54. The van der Waals surface area contributed by atoms with Crippen LogP contribution in [-0.2, 0) is 4.74 Å². The Morgan fingerprint density at radius 2 is 2.12 bits per heavy atom. The number of rotatable bonds is 5. The van der Waals surface area contributed by atoms with Crippen LogP contribution >= 0.6 is 0 Å². The molecule has 1 fully saturated rings. The Hall–Kier alpha value is -1.62. The van der Waals surface area contributed by atoms with Gasteiger partial charge in [-0.3, -0.25) is 9.80 Å². The van der Waals surface area contributed by atoms with E-state index in [9.17, 15) is 4.79 Å². The zero-order valence-corrected chi connectivity index (χ0v) is 17.3. The summed E-state index contributed by atoms with van der Waals surface area (Å²) in [5.41, 5.74) is 0.610. The first-order valence-electron chi connectivity index (χ1n) is 9.95. The molecule has 1 unspecified atom stereocenters. The van der Waals surface area contributed by atoms with Gasteiger partial charge in [0.05, 0.1) is 0 Å². The van der Waals surface area contributed by atoms with E-state index in [2.05, 4.69) is 22.9 Å². The summed E-state index contributed by atoms with van der Waals surface area (Å²) < 4.78 is 5.67. The molecule has 0 bridgehead atoms. The van der Waals surface area contributed by atoms with Crippen molar-refractivity contribution in [3.8, 4) is 0 Å². The fourth-order valence-electron chi connectivity index (χ4n) is 3.62. The first-order valence-corrected chi connectivity index (χ1v) is 9.95. The molecule has 1 amide bonds. The molecule has 0 aliphatic carbocycles. The molecular formula is C21H35N3O2. The molecule has 1 saturated heterocycles. The van der Waals surface area contributed by atoms with E-state index in [0.717, 1.165) is 37.3 Å². The summed E-state index contributed by atoms with van der Waals surface area (Å²) >= 11 is 0. The van der Waals surface area contributed by atoms with Crippen LogP contribution in [0.4, 0.5) is 10.6 Å². The fourth-order valence-corrected chi connectivity index (χ4v) is 3.62. The Morgan fingerprint density at radius 3 is 2.73 bits per heavy atom. The van der Waals surface area contributed by atoms with Crippen molar-refractivity contribution in [2.45, 2.75) is 84.9 Å². The van der Waals surface area contributed by atoms with Gasteiger partial charge in [0.15, 0.2) is 0 Å². The Kier molecular flexibility index (Phi) is 7.04. The molecule has 1 aromatic heterocycles. The highest BCUT2D eigenvalue weighted by Gasteiger charge is 2.32. The maximum absolute atomic E-state index is 12.9. The summed E-state index contributed by atoms with van der Waals surface area (Å²) in [5, 5.41) is 0. The molecule has 5 nitrogen and oxygen atoms in total. The van der Waals surface area contributed by atoms with Crippen LogP contribution in [0, 0.1) is 0 Å². The summed E-state index contributed by atoms with van der Waals surface area (Å²) in [5.74, 6) is 0.741. The fraction of sp³-hybridized carbons (Fsp3) is 0.714. The Morgan fingerprint density at radius 1 is 1.38 bits per heavy atom. The molecule has 0 aromatic carbocycles. The number of carbonyl (C=O) groups excluding carboxylic acids is 1. The molecular weight excluding hydrogens is 326 g/mol. The first kappa shape index (κ1) is 20.7. The van der Waals surface area contributed by atoms with Crippen molar-refractivity contribution in [2.24, 2.45) is 0 Å². The van der Waals surface area contributed by atoms with Crippen molar-refractivity contribution in [2.75, 3.05) is 18.0 Å². The number of piperidine rings is 1. The maximum Gasteiger partial charge on any atom is 0.416 e. The van der Waals surface area contributed by atoms with Crippen LogP contribution in [0.15, 0.2) is 18.3 Å². The molecule has 1 atom stereocenters. The average molecular weight is 362 g/mol. The lowest BCUT2D eigenvalue weighted by Crippen LogP contribution is -2.43. The van der Waals surface area contributed by atoms with Crippen LogP contribution in [0.25, 0.3) is 0 Å². The van der Waals surface area contributed by atoms with E-state index in [1.54, 1.807) is 11.1 Å². The molecule has 2 rings (SSSR count). The topological polar surface area (TPSA) is 45.7 Å². The van der Waals surface area contributed by atoms with Crippen LogP contribution in [0.2, 0.25) is 0 Å². The lowest BCUT2D eigenvalue weighted by atomic mass is 9.95. The predicted molar refractivity (Wildman–Crippen MR) is 107 cm³/mol. The monoisotopic (exact) mass is 361 g/mol. The number of aromatic nitrogens is 1. The van der Waals surface area contributed by atoms with Gasteiger partial charge in [-0.15, -0.1) is 0 Å². The van der Waals surface area contributed by atoms with Gasteiger partial charge in [-0.25, -0.2) is 9.78 Å². The van der Waals surface area contributed by atoms with Crippen molar-refractivity contribution < 1.29 is 9.53 Å². The van der Waals surface area contributed by atoms with Crippen LogP contribution in [0.1, 0.15) is 78.8 Å². The number of pyridine rings is 1. The molecule has 0 spiro atoms. The van der Waals surface area contributed by atoms with Crippen LogP contribution in [0.3, 0.4) is 0 Å². The largest absolute Gasteiger partial charge is 0.443 e. The van der Waals surface area contributed by atoms with Crippen LogP contribution < -0.4 is 4.90 Å². The zero-order valence-electron chi connectivity index (χ0n) is 17.3. The first-order chi connectivity index (χ1) is 12.2. The van der Waals surface area contributed by atoms with Crippen molar-refractivity contribution >= 4 is 11.9 Å². The second kappa shape index (κ2) is 8.85. The minimum atomic E-state index is -0.530. The number of carbonyl (C=O) groups is 1. The normalized spacial score (nSPS) is 18.8. The van der Waals surface area contributed by atoms with Crippen molar-refractivity contribution in [1.29, 1.82) is 0 Å². The van der Waals surface area contributed by atoms with Gasteiger partial charge in [0, 0.05) is 23.8 Å². The zero-order chi connectivity index (χ0) is 19.3. The van der Waals surface area contributed by atoms with E-state index >= 15 is 0 Å². The molecule has 0 N–H and O–H groups in total. The van der Waals surface area contributed by atoms with Gasteiger partial charge in [-0.2, -0.15) is 0 Å². The van der Waals surface area contributed by atoms with Crippen molar-refractivity contribution in [3.63, 3.8) is 0 Å². The van der Waals surface area contributed by atoms with Gasteiger partial charge in [0.2, 0.25) is 0 Å². The number of hydrogen-bond donors (Lipinski definition) is 0. The highest BCUT2D eigenvalue weighted by Crippen LogP contribution is 2.36. The quantitative estimate of drug-likeness (QED) is 0.726. The van der Waals surface area contributed by atoms with Gasteiger partial charge >= 0.3 is 6.09 Å². The van der Waals surface area contributed by atoms with Gasteiger partial charge in [0.1, 0.15) is 11.4 Å². The third-order valence-corrected chi connectivity index (χ3v) is 4.64. The van der Waals surface area contributed by atoms with Gasteiger partial charge in [0.25, 0.3) is 0 Å². The number of anilines is 1. The molecule has 26 heavy (non-hydrogen) atoms. The molecule has 1 aliphatic rings. The molecule has 146 valence electrons. The molecule has 1 aromatic rings. The lowest BCUT2D eigenvalue weighted by molar-refractivity contribution is 0.0568. The minimum Gasteiger partial charge on any atom is -0.443 e. The maximum atomic E-state index is 12.9. The molecule has 1 aliphatic heterocycles. The smallest absolute Gasteiger partial charge is 0.416 e. The van der Waals surface area contributed by atoms with Crippen molar-refractivity contribution in [3.05, 3.63) is 23.9 Å². The summed E-state index contributed by atoms with van der Waals surface area (Å²) in [6, 6.07) is 4.39. The van der Waals surface area contributed by atoms with Crippen LogP contribution in [-0.4, -0.2) is 40.7 Å². The molecule has 5 heteroatoms. The van der Waals surface area contributed by atoms with E-state index in [1.807, 2.05) is 40.7 Å². The third-order valence-electron chi connectivity index (χ3n) is 4.64. The summed E-state index contributed by atoms with van der Waals surface area (Å²) in [6.45, 7) is 14.1. The summed E-state index contributed by atoms with van der Waals surface area (Å²) in [7, 11) is 0. The minimum absolute atomic E-state index is 0.0262. The predicted octanol–water partition coefficient (Wildman–Crippen LogP) is 5.17. The highest BCUT2D eigenvalue weighted by atomic mass is 16.6. The van der Waals surface area contributed by atoms with Gasteiger partial charge < -0.3 is 4.74 Å². The molecule has 0 radical (unpaired) electrons. The standard InChI is InChI=1S/C21H35N3O2/c1-7-14-23-15-9-8-12-18(23)17-11-10-13-22-19(17)24(16(2)3)20(25)26-21(4,5)6/h10-11,13,16,18H,7-9,12,14-15H2,1-6H3. The van der Waals surface area contributed by atoms with Gasteiger partial charge in [-0.1, -0.05) is 19.4 Å². The highest BCUT2D eigenvalue weighted by molar-refractivity contribution is 5.88. The Labute approximate surface area is 158 Å². The SMILES string of the molecule is CCCN1CCCCC1c1cccnc1N(C(=O)OC(C)(C)C)C(C)C. The number of amides is 1. The lowest BCUT2D eigenvalue weighted by Gasteiger charge is -2.38. The molecule has 0 saturated carbocycles.